The number of halogens is 1. The van der Waals surface area contributed by atoms with Gasteiger partial charge in [0.2, 0.25) is 5.28 Å². The number of hydrogen-bond acceptors (Lipinski definition) is 6. The molecule has 2 aromatic heterocycles. The Labute approximate surface area is 101 Å². The monoisotopic (exact) mass is 255 g/mol. The van der Waals surface area contributed by atoms with Gasteiger partial charge in [-0.05, 0) is 11.6 Å². The van der Waals surface area contributed by atoms with Gasteiger partial charge in [0.05, 0.1) is 18.5 Å². The molecule has 17 heavy (non-hydrogen) atoms. The van der Waals surface area contributed by atoms with Crippen LogP contribution in [-0.2, 0) is 0 Å². The first kappa shape index (κ1) is 10.7. The minimum absolute atomic E-state index is 0.0930. The second kappa shape index (κ2) is 3.80. The summed E-state index contributed by atoms with van der Waals surface area (Å²) in [4.78, 5) is 16.8. The first-order valence-electron chi connectivity index (χ1n) is 5.13. The standard InChI is InChI=1S/C9H10ClN5O2/c10-9-13-7-6(11-3-12-7)8(14-9)15-1-4(16)5(17)2-15/h3-5,16-17H,1-2H2,(H,11,12,13,14). The van der Waals surface area contributed by atoms with E-state index in [1.807, 2.05) is 0 Å². The van der Waals surface area contributed by atoms with Crippen LogP contribution in [0.5, 0.6) is 0 Å². The molecule has 7 nitrogen and oxygen atoms in total. The Kier molecular flexibility index (Phi) is 2.39. The molecule has 90 valence electrons. The molecule has 1 fully saturated rings. The Bertz CT molecular complexity index is 549. The van der Waals surface area contributed by atoms with E-state index in [0.29, 0.717) is 30.1 Å². The number of imidazole rings is 1. The first-order chi connectivity index (χ1) is 8.15. The minimum atomic E-state index is -0.776. The lowest BCUT2D eigenvalue weighted by Gasteiger charge is -2.16. The third-order valence-corrected chi connectivity index (χ3v) is 2.97. The maximum atomic E-state index is 9.53. The number of hydrogen-bond donors (Lipinski definition) is 3. The van der Waals surface area contributed by atoms with E-state index in [1.165, 1.54) is 6.33 Å². The number of fused-ring (bicyclic) bond motifs is 1. The van der Waals surface area contributed by atoms with Gasteiger partial charge in [-0.2, -0.15) is 9.97 Å². The molecular weight excluding hydrogens is 246 g/mol. The summed E-state index contributed by atoms with van der Waals surface area (Å²) in [5, 5.41) is 19.1. The smallest absolute Gasteiger partial charge is 0.226 e. The predicted octanol–water partition coefficient (Wildman–Crippen LogP) is -0.452. The van der Waals surface area contributed by atoms with Crippen LogP contribution < -0.4 is 4.90 Å². The number of β-amino-alcohol motifs (C(OH)–C–C–N with tert-alkyl or cyclic N) is 2. The molecule has 0 aliphatic carbocycles. The van der Waals surface area contributed by atoms with Crippen molar-refractivity contribution in [1.82, 2.24) is 19.9 Å². The van der Waals surface area contributed by atoms with Crippen molar-refractivity contribution >= 4 is 28.6 Å². The van der Waals surface area contributed by atoms with Gasteiger partial charge in [0.15, 0.2) is 11.5 Å². The summed E-state index contributed by atoms with van der Waals surface area (Å²) in [6.07, 6.45) is -0.0503. The number of nitrogens with zero attached hydrogens (tertiary/aromatic N) is 4. The second-order valence-electron chi connectivity index (χ2n) is 3.96. The van der Waals surface area contributed by atoms with Crippen LogP contribution in [0, 0.1) is 0 Å². The maximum absolute atomic E-state index is 9.53. The minimum Gasteiger partial charge on any atom is -0.389 e. The second-order valence-corrected chi connectivity index (χ2v) is 4.30. The topological polar surface area (TPSA) is 98.2 Å². The Morgan fingerprint density at radius 3 is 2.71 bits per heavy atom. The highest BCUT2D eigenvalue weighted by atomic mass is 35.5. The van der Waals surface area contributed by atoms with Gasteiger partial charge in [-0.3, -0.25) is 0 Å². The number of anilines is 1. The molecule has 3 N–H and O–H groups in total. The number of aromatic nitrogens is 4. The van der Waals surface area contributed by atoms with Gasteiger partial charge in [0.25, 0.3) is 0 Å². The van der Waals surface area contributed by atoms with Gasteiger partial charge in [-0.15, -0.1) is 0 Å². The molecule has 0 saturated carbocycles. The van der Waals surface area contributed by atoms with Crippen molar-refractivity contribution in [1.29, 1.82) is 0 Å². The van der Waals surface area contributed by atoms with E-state index in [1.54, 1.807) is 4.90 Å². The number of H-pyrrole nitrogens is 1. The molecule has 0 spiro atoms. The first-order valence-corrected chi connectivity index (χ1v) is 5.50. The zero-order valence-electron chi connectivity index (χ0n) is 8.71. The summed E-state index contributed by atoms with van der Waals surface area (Å²) >= 11 is 5.80. The number of aliphatic hydroxyl groups is 2. The normalized spacial score (nSPS) is 24.8. The summed E-state index contributed by atoms with van der Waals surface area (Å²) in [7, 11) is 0. The lowest BCUT2D eigenvalue weighted by molar-refractivity contribution is 0.0572. The van der Waals surface area contributed by atoms with Crippen molar-refractivity contribution in [2.24, 2.45) is 0 Å². The maximum Gasteiger partial charge on any atom is 0.226 e. The van der Waals surface area contributed by atoms with Crippen LogP contribution in [-0.4, -0.2) is 55.4 Å². The van der Waals surface area contributed by atoms with E-state index < -0.39 is 12.2 Å². The fourth-order valence-corrected chi connectivity index (χ4v) is 2.12. The van der Waals surface area contributed by atoms with Gasteiger partial charge in [-0.25, -0.2) is 4.98 Å². The zero-order valence-corrected chi connectivity index (χ0v) is 9.46. The van der Waals surface area contributed by atoms with Gasteiger partial charge in [0.1, 0.15) is 5.52 Å². The van der Waals surface area contributed by atoms with Crippen molar-refractivity contribution in [3.63, 3.8) is 0 Å². The molecular formula is C9H10ClN5O2. The van der Waals surface area contributed by atoms with Crippen molar-refractivity contribution in [3.05, 3.63) is 11.6 Å². The molecule has 2 aromatic rings. The van der Waals surface area contributed by atoms with E-state index in [-0.39, 0.29) is 5.28 Å². The molecule has 1 saturated heterocycles. The molecule has 2 atom stereocenters. The summed E-state index contributed by atoms with van der Waals surface area (Å²) in [6, 6.07) is 0. The fraction of sp³-hybridized carbons (Fsp3) is 0.444. The lowest BCUT2D eigenvalue weighted by atomic mass is 10.3. The van der Waals surface area contributed by atoms with E-state index >= 15 is 0 Å². The van der Waals surface area contributed by atoms with Crippen LogP contribution in [0.25, 0.3) is 11.2 Å². The predicted molar refractivity (Wildman–Crippen MR) is 60.9 cm³/mol. The van der Waals surface area contributed by atoms with Crippen molar-refractivity contribution < 1.29 is 10.2 Å². The highest BCUT2D eigenvalue weighted by Gasteiger charge is 2.31. The Morgan fingerprint density at radius 2 is 2.00 bits per heavy atom. The average molecular weight is 256 g/mol. The Morgan fingerprint density at radius 1 is 1.29 bits per heavy atom. The van der Waals surface area contributed by atoms with E-state index in [9.17, 15) is 10.2 Å². The quantitative estimate of drug-likeness (QED) is 0.597. The number of rotatable bonds is 1. The van der Waals surface area contributed by atoms with Crippen molar-refractivity contribution in [2.75, 3.05) is 18.0 Å². The van der Waals surface area contributed by atoms with E-state index in [0.717, 1.165) is 0 Å². The highest BCUT2D eigenvalue weighted by molar-refractivity contribution is 6.28. The summed E-state index contributed by atoms with van der Waals surface area (Å²) in [5.41, 5.74) is 1.12. The van der Waals surface area contributed by atoms with E-state index in [2.05, 4.69) is 19.9 Å². The molecule has 0 bridgehead atoms. The third kappa shape index (κ3) is 1.72. The van der Waals surface area contributed by atoms with E-state index in [4.69, 9.17) is 11.6 Å². The summed E-state index contributed by atoms with van der Waals surface area (Å²) in [6.45, 7) is 0.616. The molecule has 8 heteroatoms. The SMILES string of the molecule is OC1CN(c2nc(Cl)nc3nc[nH]c23)CC1O. The molecule has 3 rings (SSSR count). The largest absolute Gasteiger partial charge is 0.389 e. The van der Waals surface area contributed by atoms with Crippen LogP contribution in [0.4, 0.5) is 5.82 Å². The molecule has 2 unspecified atom stereocenters. The van der Waals surface area contributed by atoms with Crippen molar-refractivity contribution in [3.8, 4) is 0 Å². The van der Waals surface area contributed by atoms with Crippen LogP contribution in [0.1, 0.15) is 0 Å². The molecule has 0 aromatic carbocycles. The van der Waals surface area contributed by atoms with Gasteiger partial charge in [-0.1, -0.05) is 0 Å². The Balaban J connectivity index is 2.08. The zero-order chi connectivity index (χ0) is 12.0. The number of nitrogens with one attached hydrogen (secondary N) is 1. The highest BCUT2D eigenvalue weighted by Crippen LogP contribution is 2.25. The lowest BCUT2D eigenvalue weighted by Crippen LogP contribution is -2.22. The summed E-state index contributed by atoms with van der Waals surface area (Å²) in [5.74, 6) is 0.549. The molecule has 0 radical (unpaired) electrons. The molecule has 1 aliphatic rings. The number of aliphatic hydroxyl groups excluding tert-OH is 2. The Hall–Kier alpha value is -1.44. The van der Waals surface area contributed by atoms with Crippen LogP contribution >= 0.6 is 11.6 Å². The van der Waals surface area contributed by atoms with Gasteiger partial charge in [0, 0.05) is 13.1 Å². The third-order valence-electron chi connectivity index (χ3n) is 2.80. The van der Waals surface area contributed by atoms with Gasteiger partial charge < -0.3 is 20.1 Å². The number of aromatic amines is 1. The fourth-order valence-electron chi connectivity index (χ4n) is 1.96. The van der Waals surface area contributed by atoms with Crippen molar-refractivity contribution in [2.45, 2.75) is 12.2 Å². The molecule has 1 aliphatic heterocycles. The van der Waals surface area contributed by atoms with Crippen LogP contribution in [0.3, 0.4) is 0 Å². The van der Waals surface area contributed by atoms with Crippen LogP contribution in [0.15, 0.2) is 6.33 Å². The molecule has 3 heterocycles. The summed E-state index contributed by atoms with van der Waals surface area (Å²) < 4.78 is 0. The van der Waals surface area contributed by atoms with Crippen LogP contribution in [0.2, 0.25) is 5.28 Å². The molecule has 0 amide bonds. The van der Waals surface area contributed by atoms with Gasteiger partial charge >= 0.3 is 0 Å². The average Bonchev–Trinajstić information content (AvgIpc) is 2.85.